The molecule has 0 unspecified atom stereocenters. The van der Waals surface area contributed by atoms with Crippen molar-refractivity contribution >= 4 is 11.8 Å². The molecule has 184 valence electrons. The van der Waals surface area contributed by atoms with Gasteiger partial charge in [0.1, 0.15) is 6.10 Å². The maximum atomic E-state index is 12.6. The van der Waals surface area contributed by atoms with E-state index in [1.165, 1.54) is 51.4 Å². The van der Waals surface area contributed by atoms with Gasteiger partial charge < -0.3 is 9.64 Å². The van der Waals surface area contributed by atoms with Crippen LogP contribution in [0.2, 0.25) is 0 Å². The number of fused-ring (bicyclic) bond motifs is 5. The van der Waals surface area contributed by atoms with E-state index in [-0.39, 0.29) is 17.5 Å². The Kier molecular flexibility index (Phi) is 6.52. The van der Waals surface area contributed by atoms with Crippen molar-refractivity contribution in [1.29, 1.82) is 0 Å². The van der Waals surface area contributed by atoms with E-state index in [2.05, 4.69) is 24.8 Å². The molecule has 7 atom stereocenters. The predicted molar refractivity (Wildman–Crippen MR) is 131 cm³/mol. The van der Waals surface area contributed by atoms with E-state index in [1.54, 1.807) is 6.92 Å². The first-order valence-corrected chi connectivity index (χ1v) is 13.9. The molecule has 0 bridgehead atoms. The number of Topliss-reactive ketones (excluding diaryl/α,β-unsaturated/α-hetero) is 1. The van der Waals surface area contributed by atoms with Crippen LogP contribution in [0, 0.1) is 34.5 Å². The monoisotopic (exact) mass is 455 g/mol. The van der Waals surface area contributed by atoms with E-state index < -0.39 is 0 Å². The Morgan fingerprint density at radius 2 is 1.82 bits per heavy atom. The zero-order chi connectivity index (χ0) is 23.2. The number of likely N-dealkylation sites (tertiary alicyclic amines) is 1. The van der Waals surface area contributed by atoms with Crippen LogP contribution in [0.3, 0.4) is 0 Å². The van der Waals surface area contributed by atoms with Crippen molar-refractivity contribution in [1.82, 2.24) is 4.90 Å². The zero-order valence-corrected chi connectivity index (χ0v) is 21.2. The number of nitrogens with zero attached hydrogens (tertiary/aromatic N) is 1. The minimum atomic E-state index is 0.0186. The number of hydrogen-bond acceptors (Lipinski definition) is 4. The second kappa shape index (κ2) is 9.13. The highest BCUT2D eigenvalue weighted by molar-refractivity contribution is 5.95. The second-order valence-corrected chi connectivity index (χ2v) is 12.6. The number of rotatable bonds is 5. The Morgan fingerprint density at radius 3 is 2.58 bits per heavy atom. The molecular weight excluding hydrogens is 410 g/mol. The standard InChI is InChI=1S/C29H45NO3/c1-20(31)24-9-10-25-23-8-7-21-19-22(33-27(32)13-18-30-16-5-4-6-17-30)11-14-28(21,2)26(23)12-15-29(24,25)3/h9,21-23,25-26H,4-8,10-19H2,1-3H3/t21-,22-,23+,25+,26-,28-,29+/m0/s1. The molecule has 5 aliphatic rings. The minimum Gasteiger partial charge on any atom is -0.462 e. The van der Waals surface area contributed by atoms with Gasteiger partial charge in [-0.3, -0.25) is 9.59 Å². The normalized spacial score (nSPS) is 43.1. The van der Waals surface area contributed by atoms with Gasteiger partial charge in [-0.1, -0.05) is 26.3 Å². The lowest BCUT2D eigenvalue weighted by atomic mass is 9.44. The van der Waals surface area contributed by atoms with Gasteiger partial charge >= 0.3 is 5.97 Å². The first-order valence-electron chi connectivity index (χ1n) is 13.9. The highest BCUT2D eigenvalue weighted by Gasteiger charge is 2.59. The fourth-order valence-corrected chi connectivity index (χ4v) is 9.12. The molecule has 4 fully saturated rings. The largest absolute Gasteiger partial charge is 0.462 e. The van der Waals surface area contributed by atoms with E-state index in [9.17, 15) is 9.59 Å². The van der Waals surface area contributed by atoms with Gasteiger partial charge in [-0.25, -0.2) is 0 Å². The molecule has 0 N–H and O–H groups in total. The van der Waals surface area contributed by atoms with Crippen molar-refractivity contribution < 1.29 is 14.3 Å². The first-order chi connectivity index (χ1) is 15.8. The molecule has 0 radical (unpaired) electrons. The van der Waals surface area contributed by atoms with Gasteiger partial charge in [0.05, 0.1) is 6.42 Å². The second-order valence-electron chi connectivity index (χ2n) is 12.6. The minimum absolute atomic E-state index is 0.0186. The maximum Gasteiger partial charge on any atom is 0.307 e. The molecule has 1 saturated heterocycles. The van der Waals surface area contributed by atoms with E-state index in [0.29, 0.717) is 29.5 Å². The van der Waals surface area contributed by atoms with Crippen molar-refractivity contribution in [3.05, 3.63) is 11.6 Å². The molecule has 4 aliphatic carbocycles. The van der Waals surface area contributed by atoms with Crippen LogP contribution in [0.15, 0.2) is 11.6 Å². The lowest BCUT2D eigenvalue weighted by Gasteiger charge is -2.60. The van der Waals surface area contributed by atoms with Crippen molar-refractivity contribution in [3.63, 3.8) is 0 Å². The van der Waals surface area contributed by atoms with Gasteiger partial charge in [0.2, 0.25) is 0 Å². The van der Waals surface area contributed by atoms with Gasteiger partial charge in [0, 0.05) is 6.54 Å². The number of allylic oxidation sites excluding steroid dienone is 2. The molecule has 3 saturated carbocycles. The van der Waals surface area contributed by atoms with Gasteiger partial charge in [-0.2, -0.15) is 0 Å². The summed E-state index contributed by atoms with van der Waals surface area (Å²) in [6.07, 6.45) is 16.2. The van der Waals surface area contributed by atoms with Crippen LogP contribution in [-0.2, 0) is 14.3 Å². The van der Waals surface area contributed by atoms with Gasteiger partial charge in [0.25, 0.3) is 0 Å². The Labute approximate surface area is 200 Å². The van der Waals surface area contributed by atoms with Crippen LogP contribution in [0.25, 0.3) is 0 Å². The summed E-state index contributed by atoms with van der Waals surface area (Å²) in [6.45, 7) is 9.85. The number of hydrogen-bond donors (Lipinski definition) is 0. The van der Waals surface area contributed by atoms with Crippen molar-refractivity contribution in [2.75, 3.05) is 19.6 Å². The summed E-state index contributed by atoms with van der Waals surface area (Å²) >= 11 is 0. The van der Waals surface area contributed by atoms with Gasteiger partial charge in [-0.05, 0) is 124 Å². The van der Waals surface area contributed by atoms with E-state index >= 15 is 0 Å². The zero-order valence-electron chi connectivity index (χ0n) is 21.2. The molecule has 1 aliphatic heterocycles. The number of carbonyl (C=O) groups excluding carboxylic acids is 2. The quantitative estimate of drug-likeness (QED) is 0.481. The van der Waals surface area contributed by atoms with E-state index in [1.807, 2.05) is 0 Å². The highest BCUT2D eigenvalue weighted by atomic mass is 16.5. The number of carbonyl (C=O) groups is 2. The predicted octanol–water partition coefficient (Wildman–Crippen LogP) is 5.94. The Bertz CT molecular complexity index is 799. The summed E-state index contributed by atoms with van der Waals surface area (Å²) in [4.78, 5) is 27.3. The smallest absolute Gasteiger partial charge is 0.307 e. The summed E-state index contributed by atoms with van der Waals surface area (Å²) in [5.74, 6) is 3.16. The van der Waals surface area contributed by atoms with Crippen LogP contribution >= 0.6 is 0 Å². The summed E-state index contributed by atoms with van der Waals surface area (Å²) in [6, 6.07) is 0. The van der Waals surface area contributed by atoms with Gasteiger partial charge in [0.15, 0.2) is 5.78 Å². The molecule has 0 aromatic carbocycles. The van der Waals surface area contributed by atoms with Crippen LogP contribution in [-0.4, -0.2) is 42.4 Å². The molecule has 0 aromatic heterocycles. The average molecular weight is 456 g/mol. The van der Waals surface area contributed by atoms with Crippen LogP contribution in [0.1, 0.15) is 97.8 Å². The third-order valence-electron chi connectivity index (χ3n) is 11.0. The fourth-order valence-electron chi connectivity index (χ4n) is 9.12. The van der Waals surface area contributed by atoms with Crippen LogP contribution in [0.4, 0.5) is 0 Å². The molecule has 0 spiro atoms. The van der Waals surface area contributed by atoms with Crippen LogP contribution in [0.5, 0.6) is 0 Å². The topological polar surface area (TPSA) is 46.6 Å². The SMILES string of the molecule is CC(=O)C1=CC[C@@H]2[C@H]3CC[C@H]4C[C@@H](OC(=O)CCN5CCCCC5)CC[C@]4(C)[C@H]3CC[C@]12C. The number of esters is 1. The van der Waals surface area contributed by atoms with Gasteiger partial charge in [-0.15, -0.1) is 0 Å². The molecule has 4 nitrogen and oxygen atoms in total. The average Bonchev–Trinajstić information content (AvgIpc) is 3.16. The molecular formula is C29H45NO3. The Morgan fingerprint density at radius 1 is 1.03 bits per heavy atom. The summed E-state index contributed by atoms with van der Waals surface area (Å²) in [7, 11) is 0. The molecule has 5 rings (SSSR count). The van der Waals surface area contributed by atoms with Crippen molar-refractivity contribution in [2.45, 2.75) is 104 Å². The third-order valence-corrected chi connectivity index (χ3v) is 11.0. The number of piperidine rings is 1. The summed E-state index contributed by atoms with van der Waals surface area (Å²) < 4.78 is 6.03. The maximum absolute atomic E-state index is 12.6. The molecule has 1 heterocycles. The van der Waals surface area contributed by atoms with Crippen molar-refractivity contribution in [2.24, 2.45) is 34.5 Å². The molecule has 0 amide bonds. The van der Waals surface area contributed by atoms with Crippen molar-refractivity contribution in [3.8, 4) is 0 Å². The fraction of sp³-hybridized carbons (Fsp3) is 0.862. The highest BCUT2D eigenvalue weighted by Crippen LogP contribution is 2.66. The Hall–Kier alpha value is -1.16. The summed E-state index contributed by atoms with van der Waals surface area (Å²) in [5.41, 5.74) is 1.61. The van der Waals surface area contributed by atoms with E-state index in [4.69, 9.17) is 4.74 Å². The number of ether oxygens (including phenoxy) is 1. The summed E-state index contributed by atoms with van der Waals surface area (Å²) in [5, 5.41) is 0. The molecule has 33 heavy (non-hydrogen) atoms. The third kappa shape index (κ3) is 4.23. The van der Waals surface area contributed by atoms with E-state index in [0.717, 1.165) is 56.3 Å². The first kappa shape index (κ1) is 23.6. The Balaban J connectivity index is 1.18. The lowest BCUT2D eigenvalue weighted by molar-refractivity contribution is -0.161. The molecule has 4 heteroatoms. The molecule has 0 aromatic rings. The lowest BCUT2D eigenvalue weighted by Crippen LogP contribution is -2.54. The number of ketones is 1. The van der Waals surface area contributed by atoms with Crippen LogP contribution < -0.4 is 0 Å².